The fourth-order valence-electron chi connectivity index (χ4n) is 1.71. The lowest BCUT2D eigenvalue weighted by Crippen LogP contribution is -2.13. The van der Waals surface area contributed by atoms with E-state index in [0.717, 1.165) is 12.1 Å². The van der Waals surface area contributed by atoms with E-state index in [1.54, 1.807) is 13.0 Å². The van der Waals surface area contributed by atoms with Gasteiger partial charge in [-0.25, -0.2) is 4.79 Å². The summed E-state index contributed by atoms with van der Waals surface area (Å²) in [5.74, 6) is -1.91. The predicted molar refractivity (Wildman–Crippen MR) is 71.5 cm³/mol. The van der Waals surface area contributed by atoms with E-state index in [-0.39, 0.29) is 17.0 Å². The second-order valence-corrected chi connectivity index (χ2v) is 4.18. The topological polar surface area (TPSA) is 123 Å². The van der Waals surface area contributed by atoms with E-state index >= 15 is 0 Å². The number of aryl methyl sites for hydroxylation is 1. The van der Waals surface area contributed by atoms with Gasteiger partial charge in [0.15, 0.2) is 5.76 Å². The number of aromatic carboxylic acids is 1. The van der Waals surface area contributed by atoms with Crippen LogP contribution in [0.4, 0.5) is 11.4 Å². The van der Waals surface area contributed by atoms with E-state index < -0.39 is 22.5 Å². The lowest BCUT2D eigenvalue weighted by Gasteiger charge is -2.05. The molecule has 1 aromatic heterocycles. The van der Waals surface area contributed by atoms with Gasteiger partial charge < -0.3 is 14.8 Å². The number of anilines is 1. The molecule has 0 aliphatic carbocycles. The third kappa shape index (κ3) is 2.89. The predicted octanol–water partition coefficient (Wildman–Crippen LogP) is 2.45. The van der Waals surface area contributed by atoms with E-state index in [1.807, 2.05) is 0 Å². The molecule has 2 rings (SSSR count). The molecule has 0 bridgehead atoms. The standard InChI is InChI=1S/C13H10N2O6/c1-7-4-5-21-11(7)12(16)14-9-3-2-8(13(17)18)6-10(9)15(19)20/h2-6H,1H3,(H,14,16)(H,17,18). The summed E-state index contributed by atoms with van der Waals surface area (Å²) in [4.78, 5) is 33.0. The van der Waals surface area contributed by atoms with Gasteiger partial charge in [0.05, 0.1) is 16.7 Å². The number of rotatable bonds is 4. The average Bonchev–Trinajstić information content (AvgIpc) is 2.85. The van der Waals surface area contributed by atoms with Gasteiger partial charge >= 0.3 is 5.97 Å². The van der Waals surface area contributed by atoms with E-state index in [1.165, 1.54) is 12.3 Å². The molecule has 0 aliphatic rings. The molecule has 0 saturated heterocycles. The molecule has 0 fully saturated rings. The van der Waals surface area contributed by atoms with Crippen molar-refractivity contribution < 1.29 is 24.0 Å². The number of furan rings is 1. The number of benzene rings is 1. The molecule has 21 heavy (non-hydrogen) atoms. The molecule has 8 heteroatoms. The van der Waals surface area contributed by atoms with Gasteiger partial charge in [0.25, 0.3) is 11.6 Å². The van der Waals surface area contributed by atoms with Gasteiger partial charge in [-0.05, 0) is 25.1 Å². The monoisotopic (exact) mass is 290 g/mol. The second-order valence-electron chi connectivity index (χ2n) is 4.18. The van der Waals surface area contributed by atoms with Crippen molar-refractivity contribution in [2.45, 2.75) is 6.92 Å². The molecule has 108 valence electrons. The molecular weight excluding hydrogens is 280 g/mol. The smallest absolute Gasteiger partial charge is 0.335 e. The fraction of sp³-hybridized carbons (Fsp3) is 0.0769. The zero-order valence-electron chi connectivity index (χ0n) is 10.8. The Morgan fingerprint density at radius 2 is 2.05 bits per heavy atom. The molecule has 2 aromatic rings. The Labute approximate surface area is 118 Å². The molecule has 1 aromatic carbocycles. The van der Waals surface area contributed by atoms with Crippen LogP contribution in [0.25, 0.3) is 0 Å². The van der Waals surface area contributed by atoms with Crippen LogP contribution in [-0.4, -0.2) is 21.9 Å². The number of carbonyl (C=O) groups excluding carboxylic acids is 1. The first kappa shape index (κ1) is 14.3. The van der Waals surface area contributed by atoms with Crippen LogP contribution in [0.5, 0.6) is 0 Å². The van der Waals surface area contributed by atoms with Crippen LogP contribution in [0.3, 0.4) is 0 Å². The number of carbonyl (C=O) groups is 2. The Kier molecular flexibility index (Phi) is 3.70. The number of amides is 1. The third-order valence-electron chi connectivity index (χ3n) is 2.76. The number of carboxylic acid groups (broad SMARTS) is 1. The van der Waals surface area contributed by atoms with E-state index in [0.29, 0.717) is 5.56 Å². The minimum absolute atomic E-state index is 0.0339. The van der Waals surface area contributed by atoms with Gasteiger partial charge in [-0.2, -0.15) is 0 Å². The highest BCUT2D eigenvalue weighted by Gasteiger charge is 2.21. The van der Waals surface area contributed by atoms with E-state index in [9.17, 15) is 19.7 Å². The number of hydrogen-bond acceptors (Lipinski definition) is 5. The molecule has 0 spiro atoms. The molecule has 8 nitrogen and oxygen atoms in total. The fourth-order valence-corrected chi connectivity index (χ4v) is 1.71. The molecule has 2 N–H and O–H groups in total. The van der Waals surface area contributed by atoms with Gasteiger partial charge in [-0.15, -0.1) is 0 Å². The van der Waals surface area contributed by atoms with Gasteiger partial charge in [-0.3, -0.25) is 14.9 Å². The summed E-state index contributed by atoms with van der Waals surface area (Å²) in [5, 5.41) is 22.1. The number of carboxylic acids is 1. The Hall–Kier alpha value is -3.16. The van der Waals surface area contributed by atoms with Crippen molar-refractivity contribution in [2.24, 2.45) is 0 Å². The van der Waals surface area contributed by atoms with Crippen molar-refractivity contribution in [3.8, 4) is 0 Å². The lowest BCUT2D eigenvalue weighted by molar-refractivity contribution is -0.383. The molecular formula is C13H10N2O6. The Bertz CT molecular complexity index is 734. The van der Waals surface area contributed by atoms with Crippen LogP contribution in [0, 0.1) is 17.0 Å². The highest BCUT2D eigenvalue weighted by Crippen LogP contribution is 2.26. The Morgan fingerprint density at radius 3 is 2.57 bits per heavy atom. The normalized spacial score (nSPS) is 10.1. The van der Waals surface area contributed by atoms with Crippen molar-refractivity contribution in [1.82, 2.24) is 0 Å². The maximum Gasteiger partial charge on any atom is 0.335 e. The maximum atomic E-state index is 11.9. The summed E-state index contributed by atoms with van der Waals surface area (Å²) < 4.78 is 4.98. The van der Waals surface area contributed by atoms with E-state index in [4.69, 9.17) is 9.52 Å². The molecule has 0 saturated carbocycles. The molecule has 1 amide bonds. The molecule has 1 heterocycles. The molecule has 0 unspecified atom stereocenters. The highest BCUT2D eigenvalue weighted by atomic mass is 16.6. The zero-order chi connectivity index (χ0) is 15.6. The zero-order valence-corrected chi connectivity index (χ0v) is 10.8. The van der Waals surface area contributed by atoms with Crippen LogP contribution in [0.2, 0.25) is 0 Å². The largest absolute Gasteiger partial charge is 0.478 e. The first-order valence-electron chi connectivity index (χ1n) is 5.77. The molecule has 0 atom stereocenters. The first-order valence-corrected chi connectivity index (χ1v) is 5.77. The minimum Gasteiger partial charge on any atom is -0.478 e. The van der Waals surface area contributed by atoms with Crippen molar-refractivity contribution in [1.29, 1.82) is 0 Å². The van der Waals surface area contributed by atoms with E-state index in [2.05, 4.69) is 5.32 Å². The summed E-state index contributed by atoms with van der Waals surface area (Å²) >= 11 is 0. The van der Waals surface area contributed by atoms with Gasteiger partial charge in [0, 0.05) is 11.6 Å². The third-order valence-corrected chi connectivity index (χ3v) is 2.76. The number of nitro benzene ring substituents is 1. The number of nitrogens with one attached hydrogen (secondary N) is 1. The van der Waals surface area contributed by atoms with Gasteiger partial charge in [0.2, 0.25) is 0 Å². The Morgan fingerprint density at radius 1 is 1.33 bits per heavy atom. The summed E-state index contributed by atoms with van der Waals surface area (Å²) in [6, 6.07) is 4.79. The van der Waals surface area contributed by atoms with Crippen LogP contribution in [0.1, 0.15) is 26.5 Å². The highest BCUT2D eigenvalue weighted by molar-refractivity contribution is 6.04. The number of nitro groups is 1. The van der Waals surface area contributed by atoms with Crippen LogP contribution in [-0.2, 0) is 0 Å². The van der Waals surface area contributed by atoms with Gasteiger partial charge in [-0.1, -0.05) is 0 Å². The van der Waals surface area contributed by atoms with Crippen molar-refractivity contribution in [3.05, 3.63) is 57.5 Å². The molecule has 0 aliphatic heterocycles. The number of hydrogen-bond donors (Lipinski definition) is 2. The SMILES string of the molecule is Cc1ccoc1C(=O)Nc1ccc(C(=O)O)cc1[N+](=O)[O-]. The summed E-state index contributed by atoms with van der Waals surface area (Å²) in [5.41, 5.74) is -0.274. The Balaban J connectivity index is 2.36. The molecule has 0 radical (unpaired) electrons. The maximum absolute atomic E-state index is 11.9. The lowest BCUT2D eigenvalue weighted by atomic mass is 10.1. The van der Waals surface area contributed by atoms with Crippen LogP contribution in [0.15, 0.2) is 34.9 Å². The van der Waals surface area contributed by atoms with Crippen LogP contribution >= 0.6 is 0 Å². The van der Waals surface area contributed by atoms with Crippen LogP contribution < -0.4 is 5.32 Å². The van der Waals surface area contributed by atoms with Crippen molar-refractivity contribution >= 4 is 23.3 Å². The van der Waals surface area contributed by atoms with Gasteiger partial charge in [0.1, 0.15) is 5.69 Å². The van der Waals surface area contributed by atoms with Crippen molar-refractivity contribution in [3.63, 3.8) is 0 Å². The van der Waals surface area contributed by atoms with Crippen molar-refractivity contribution in [2.75, 3.05) is 5.32 Å². The quantitative estimate of drug-likeness (QED) is 0.658. The summed E-state index contributed by atoms with van der Waals surface area (Å²) in [7, 11) is 0. The first-order chi connectivity index (χ1) is 9.90. The second kappa shape index (κ2) is 5.45. The summed E-state index contributed by atoms with van der Waals surface area (Å²) in [6.45, 7) is 1.65. The number of nitrogens with zero attached hydrogens (tertiary/aromatic N) is 1. The minimum atomic E-state index is -1.29. The average molecular weight is 290 g/mol. The summed E-state index contributed by atoms with van der Waals surface area (Å²) in [6.07, 6.45) is 1.33.